The van der Waals surface area contributed by atoms with Gasteiger partial charge in [-0.1, -0.05) is 129 Å². The van der Waals surface area contributed by atoms with Crippen LogP contribution in [0.1, 0.15) is 142 Å². The summed E-state index contributed by atoms with van der Waals surface area (Å²) in [5, 5.41) is 0. The molecule has 0 spiro atoms. The Morgan fingerprint density at radius 2 is 0.808 bits per heavy atom. The zero-order chi connectivity index (χ0) is 19.0. The molecule has 1 nitrogen and oxygen atoms in total. The van der Waals surface area contributed by atoms with E-state index in [1.165, 1.54) is 128 Å². The van der Waals surface area contributed by atoms with Gasteiger partial charge in [-0.2, -0.15) is 0 Å². The van der Waals surface area contributed by atoms with Gasteiger partial charge < -0.3 is 4.74 Å². The van der Waals surface area contributed by atoms with Crippen LogP contribution in [0.2, 0.25) is 0 Å². The Morgan fingerprint density at radius 3 is 1.12 bits per heavy atom. The molecule has 0 aromatic rings. The molecular weight excluding hydrogens is 316 g/mol. The van der Waals surface area contributed by atoms with Gasteiger partial charge in [-0.15, -0.1) is 0 Å². The molecule has 0 atom stereocenters. The predicted molar refractivity (Wildman–Crippen MR) is 118 cm³/mol. The van der Waals surface area contributed by atoms with E-state index in [9.17, 15) is 0 Å². The van der Waals surface area contributed by atoms with E-state index in [1.54, 1.807) is 6.26 Å². The molecule has 0 unspecified atom stereocenters. The molecule has 0 aliphatic rings. The lowest BCUT2D eigenvalue weighted by Crippen LogP contribution is -1.84. The van der Waals surface area contributed by atoms with Gasteiger partial charge in [0, 0.05) is 0 Å². The first kappa shape index (κ1) is 25.5. The van der Waals surface area contributed by atoms with Gasteiger partial charge in [0.2, 0.25) is 0 Å². The Morgan fingerprint density at radius 1 is 0.500 bits per heavy atom. The van der Waals surface area contributed by atoms with Gasteiger partial charge in [-0.25, -0.2) is 0 Å². The van der Waals surface area contributed by atoms with Crippen LogP contribution in [0.25, 0.3) is 0 Å². The molecule has 0 saturated carbocycles. The van der Waals surface area contributed by atoms with Gasteiger partial charge in [-0.05, 0) is 18.9 Å². The second kappa shape index (κ2) is 24.5. The topological polar surface area (TPSA) is 9.23 Å². The Labute approximate surface area is 166 Å². The van der Waals surface area contributed by atoms with Crippen molar-refractivity contribution in [1.29, 1.82) is 0 Å². The normalized spacial score (nSPS) is 11.5. The highest BCUT2D eigenvalue weighted by Gasteiger charge is 1.95. The maximum Gasteiger partial charge on any atom is 0.121 e. The van der Waals surface area contributed by atoms with Crippen molar-refractivity contribution in [3.63, 3.8) is 0 Å². The van der Waals surface area contributed by atoms with Crippen LogP contribution in [0, 0.1) is 7.11 Å². The largest absolute Gasteiger partial charge is 0.498 e. The van der Waals surface area contributed by atoms with Crippen molar-refractivity contribution in [2.24, 2.45) is 0 Å². The summed E-state index contributed by atoms with van der Waals surface area (Å²) < 4.78 is 4.66. The average Bonchev–Trinajstić information content (AvgIpc) is 2.66. The second-order valence-corrected chi connectivity index (χ2v) is 8.04. The smallest absolute Gasteiger partial charge is 0.121 e. The molecular formula is C25H49O. The van der Waals surface area contributed by atoms with Crippen LogP contribution in [-0.2, 0) is 4.74 Å². The fourth-order valence-corrected chi connectivity index (χ4v) is 3.65. The van der Waals surface area contributed by atoms with E-state index in [1.807, 2.05) is 0 Å². The molecule has 26 heavy (non-hydrogen) atoms. The summed E-state index contributed by atoms with van der Waals surface area (Å²) in [5.41, 5.74) is 0. The number of rotatable bonds is 22. The van der Waals surface area contributed by atoms with E-state index in [0.717, 1.165) is 6.42 Å². The van der Waals surface area contributed by atoms with Crippen LogP contribution in [0.15, 0.2) is 12.3 Å². The van der Waals surface area contributed by atoms with E-state index in [4.69, 9.17) is 0 Å². The van der Waals surface area contributed by atoms with Gasteiger partial charge in [-0.3, -0.25) is 0 Å². The molecule has 0 aromatic carbocycles. The Balaban J connectivity index is 2.98. The van der Waals surface area contributed by atoms with Gasteiger partial charge in [0.1, 0.15) is 7.11 Å². The third kappa shape index (κ3) is 23.5. The molecule has 0 aromatic heterocycles. The zero-order valence-corrected chi connectivity index (χ0v) is 18.1. The summed E-state index contributed by atoms with van der Waals surface area (Å²) in [4.78, 5) is 0. The highest BCUT2D eigenvalue weighted by molar-refractivity contribution is 4.72. The summed E-state index contributed by atoms with van der Waals surface area (Å²) in [6.45, 7) is 2.30. The number of ether oxygens (including phenoxy) is 1. The van der Waals surface area contributed by atoms with Gasteiger partial charge in [0.05, 0.1) is 6.26 Å². The highest BCUT2D eigenvalue weighted by Crippen LogP contribution is 2.15. The van der Waals surface area contributed by atoms with Crippen molar-refractivity contribution in [1.82, 2.24) is 0 Å². The van der Waals surface area contributed by atoms with Crippen molar-refractivity contribution < 1.29 is 4.74 Å². The first-order valence-electron chi connectivity index (χ1n) is 12.0. The van der Waals surface area contributed by atoms with E-state index in [0.29, 0.717) is 0 Å². The maximum atomic E-state index is 4.66. The molecule has 0 rings (SSSR count). The minimum Gasteiger partial charge on any atom is -0.498 e. The quantitative estimate of drug-likeness (QED) is 0.137. The van der Waals surface area contributed by atoms with Crippen molar-refractivity contribution in [2.45, 2.75) is 142 Å². The van der Waals surface area contributed by atoms with Crippen LogP contribution >= 0.6 is 0 Å². The summed E-state index contributed by atoms with van der Waals surface area (Å²) in [6.07, 6.45) is 33.7. The summed E-state index contributed by atoms with van der Waals surface area (Å²) >= 11 is 0. The van der Waals surface area contributed by atoms with E-state index in [2.05, 4.69) is 24.8 Å². The highest BCUT2D eigenvalue weighted by atomic mass is 16.5. The monoisotopic (exact) mass is 365 g/mol. The lowest BCUT2D eigenvalue weighted by Gasteiger charge is -2.04. The van der Waals surface area contributed by atoms with E-state index < -0.39 is 0 Å². The zero-order valence-electron chi connectivity index (χ0n) is 18.1. The number of hydrogen-bond donors (Lipinski definition) is 0. The fourth-order valence-electron chi connectivity index (χ4n) is 3.65. The first-order valence-corrected chi connectivity index (χ1v) is 12.0. The molecule has 0 aliphatic carbocycles. The molecule has 0 bridgehead atoms. The van der Waals surface area contributed by atoms with Crippen LogP contribution < -0.4 is 0 Å². The SMILES string of the molecule is [CH2]OC=CCCCCCCCCCCCCCCCCCCCCCC. The molecule has 0 amide bonds. The van der Waals surface area contributed by atoms with Gasteiger partial charge >= 0.3 is 0 Å². The van der Waals surface area contributed by atoms with E-state index >= 15 is 0 Å². The average molecular weight is 366 g/mol. The van der Waals surface area contributed by atoms with Crippen LogP contribution in [0.5, 0.6) is 0 Å². The first-order chi connectivity index (χ1) is 12.9. The molecule has 0 saturated heterocycles. The fraction of sp³-hybridized carbons (Fsp3) is 0.880. The van der Waals surface area contributed by atoms with Crippen LogP contribution in [0.3, 0.4) is 0 Å². The minimum atomic E-state index is 1.13. The number of unbranched alkanes of at least 4 members (excludes halogenated alkanes) is 20. The van der Waals surface area contributed by atoms with Crippen molar-refractivity contribution >= 4 is 0 Å². The van der Waals surface area contributed by atoms with Gasteiger partial charge in [0.15, 0.2) is 0 Å². The number of hydrogen-bond acceptors (Lipinski definition) is 1. The third-order valence-corrected chi connectivity index (χ3v) is 5.42. The van der Waals surface area contributed by atoms with E-state index in [-0.39, 0.29) is 0 Å². The predicted octanol–water partition coefficient (Wildman–Crippen LogP) is 9.52. The molecule has 0 aliphatic heterocycles. The van der Waals surface area contributed by atoms with Crippen LogP contribution in [0.4, 0.5) is 0 Å². The van der Waals surface area contributed by atoms with Crippen molar-refractivity contribution in [3.05, 3.63) is 19.4 Å². The molecule has 0 fully saturated rings. The lowest BCUT2D eigenvalue weighted by molar-refractivity contribution is 0.391. The lowest BCUT2D eigenvalue weighted by atomic mass is 10.0. The Kier molecular flexibility index (Phi) is 24.1. The molecule has 1 radical (unpaired) electrons. The standard InChI is InChI=1S/C25H49O/c1-3-4-5-6-7-8-9-10-11-12-13-14-15-16-17-18-19-20-21-22-23-24-25-26-2/h24-25H,2-23H2,1H3. The van der Waals surface area contributed by atoms with Crippen molar-refractivity contribution in [2.75, 3.05) is 0 Å². The summed E-state index contributed by atoms with van der Waals surface area (Å²) in [5.74, 6) is 0. The second-order valence-electron chi connectivity index (χ2n) is 8.04. The summed E-state index contributed by atoms with van der Waals surface area (Å²) in [7, 11) is 3.32. The Hall–Kier alpha value is -0.460. The van der Waals surface area contributed by atoms with Gasteiger partial charge in [0.25, 0.3) is 0 Å². The maximum absolute atomic E-state index is 4.66. The molecule has 0 N–H and O–H groups in total. The minimum absolute atomic E-state index is 1.13. The molecule has 0 heterocycles. The summed E-state index contributed by atoms with van der Waals surface area (Å²) in [6, 6.07) is 0. The van der Waals surface area contributed by atoms with Crippen molar-refractivity contribution in [3.8, 4) is 0 Å². The Bertz CT molecular complexity index is 259. The molecule has 155 valence electrons. The molecule has 1 heteroatoms. The third-order valence-electron chi connectivity index (χ3n) is 5.42. The van der Waals surface area contributed by atoms with Crippen LogP contribution in [-0.4, -0.2) is 0 Å². The number of allylic oxidation sites excluding steroid dienone is 1.